The lowest BCUT2D eigenvalue weighted by molar-refractivity contribution is -0.386. The number of nitrogens with one attached hydrogen (secondary N) is 1. The maximum atomic E-state index is 14.0. The molecule has 0 bridgehead atoms. The van der Waals surface area contributed by atoms with Crippen molar-refractivity contribution in [3.63, 3.8) is 0 Å². The van der Waals surface area contributed by atoms with Gasteiger partial charge in [-0.3, -0.25) is 19.6 Å². The molecule has 0 aliphatic rings. The van der Waals surface area contributed by atoms with Crippen molar-refractivity contribution in [2.45, 2.75) is 27.0 Å². The summed E-state index contributed by atoms with van der Waals surface area (Å²) in [5.74, 6) is -0.328. The van der Waals surface area contributed by atoms with E-state index in [1.807, 2.05) is 0 Å². The SMILES string of the molecule is COc1cc(/C=N/NC(=O)Cn2nc(C)c([N+](=O)[O-])c2C)cc(Br)c1OCc1c(F)cccc1Cl. The molecule has 3 aromatic rings. The summed E-state index contributed by atoms with van der Waals surface area (Å²) in [4.78, 5) is 22.8. The second-order valence-corrected chi connectivity index (χ2v) is 8.51. The molecule has 0 radical (unpaired) electrons. The van der Waals surface area contributed by atoms with E-state index in [-0.39, 0.29) is 40.8 Å². The lowest BCUT2D eigenvalue weighted by atomic mass is 10.2. The Morgan fingerprint density at radius 1 is 1.40 bits per heavy atom. The van der Waals surface area contributed by atoms with Crippen LogP contribution in [0, 0.1) is 29.8 Å². The van der Waals surface area contributed by atoms with Crippen molar-refractivity contribution in [2.24, 2.45) is 5.10 Å². The Balaban J connectivity index is 1.68. The Morgan fingerprint density at radius 3 is 2.77 bits per heavy atom. The number of methoxy groups -OCH3 is 1. The third-order valence-corrected chi connectivity index (χ3v) is 5.84. The lowest BCUT2D eigenvalue weighted by Crippen LogP contribution is -2.24. The van der Waals surface area contributed by atoms with Crippen molar-refractivity contribution in [1.29, 1.82) is 0 Å². The zero-order chi connectivity index (χ0) is 25.7. The van der Waals surface area contributed by atoms with Crippen molar-refractivity contribution in [3.05, 3.63) is 78.3 Å². The third kappa shape index (κ3) is 6.14. The van der Waals surface area contributed by atoms with Gasteiger partial charge in [0.15, 0.2) is 11.5 Å². The molecule has 0 saturated heterocycles. The molecule has 13 heteroatoms. The van der Waals surface area contributed by atoms with Crippen molar-refractivity contribution in [2.75, 3.05) is 7.11 Å². The van der Waals surface area contributed by atoms with E-state index in [1.165, 1.54) is 44.0 Å². The standard InChI is InChI=1S/C22H20BrClFN5O5/c1-12-21(30(32)33)13(2)29(28-12)10-20(31)27-26-9-14-7-16(23)22(19(8-14)34-3)35-11-15-17(24)5-4-6-18(15)25/h4-9H,10-11H2,1-3H3,(H,27,31)/b26-9+. The van der Waals surface area contributed by atoms with Gasteiger partial charge >= 0.3 is 5.69 Å². The van der Waals surface area contributed by atoms with E-state index in [0.29, 0.717) is 21.5 Å². The molecule has 1 aromatic heterocycles. The van der Waals surface area contributed by atoms with Crippen molar-refractivity contribution >= 4 is 45.3 Å². The number of carbonyl (C=O) groups excluding carboxylic acids is 1. The van der Waals surface area contributed by atoms with Crippen molar-refractivity contribution in [3.8, 4) is 11.5 Å². The summed E-state index contributed by atoms with van der Waals surface area (Å²) < 4.78 is 26.9. The van der Waals surface area contributed by atoms with Crippen LogP contribution in [0.15, 0.2) is 39.9 Å². The molecule has 184 valence electrons. The fourth-order valence-corrected chi connectivity index (χ4v) is 4.02. The number of rotatable bonds is 9. The maximum absolute atomic E-state index is 14.0. The zero-order valence-electron chi connectivity index (χ0n) is 18.8. The summed E-state index contributed by atoms with van der Waals surface area (Å²) in [7, 11) is 1.45. The van der Waals surface area contributed by atoms with Crippen LogP contribution in [0.2, 0.25) is 5.02 Å². The molecular weight excluding hydrogens is 549 g/mol. The molecule has 10 nitrogen and oxygen atoms in total. The van der Waals surface area contributed by atoms with Crippen LogP contribution in [-0.2, 0) is 17.9 Å². The quantitative estimate of drug-likeness (QED) is 0.227. The summed E-state index contributed by atoms with van der Waals surface area (Å²) in [5.41, 5.74) is 3.49. The summed E-state index contributed by atoms with van der Waals surface area (Å²) in [6, 6.07) is 7.65. The molecule has 0 saturated carbocycles. The minimum atomic E-state index is -0.534. The van der Waals surface area contributed by atoms with Crippen LogP contribution in [0.5, 0.6) is 11.5 Å². The Hall–Kier alpha value is -3.51. The zero-order valence-corrected chi connectivity index (χ0v) is 21.2. The van der Waals surface area contributed by atoms with Crippen LogP contribution in [0.25, 0.3) is 0 Å². The first-order valence-electron chi connectivity index (χ1n) is 10.1. The highest BCUT2D eigenvalue weighted by Gasteiger charge is 2.22. The van der Waals surface area contributed by atoms with Gasteiger partial charge in [0, 0.05) is 5.56 Å². The van der Waals surface area contributed by atoms with Gasteiger partial charge in [-0.2, -0.15) is 10.2 Å². The van der Waals surface area contributed by atoms with Gasteiger partial charge in [-0.05, 0) is 59.6 Å². The molecule has 0 aliphatic heterocycles. The molecule has 0 spiro atoms. The van der Waals surface area contributed by atoms with Crippen molar-refractivity contribution < 1.29 is 23.6 Å². The van der Waals surface area contributed by atoms with E-state index < -0.39 is 16.6 Å². The second kappa shape index (κ2) is 11.3. The average Bonchev–Trinajstić information content (AvgIpc) is 3.06. The number of nitrogens with zero attached hydrogens (tertiary/aromatic N) is 4. The summed E-state index contributed by atoms with van der Waals surface area (Å²) in [6.07, 6.45) is 1.38. The number of carbonyl (C=O) groups is 1. The van der Waals surface area contributed by atoms with Crippen LogP contribution >= 0.6 is 27.5 Å². The number of aryl methyl sites for hydroxylation is 1. The number of aromatic nitrogens is 2. The fourth-order valence-electron chi connectivity index (χ4n) is 3.22. The molecule has 1 heterocycles. The van der Waals surface area contributed by atoms with E-state index >= 15 is 0 Å². The van der Waals surface area contributed by atoms with Gasteiger partial charge in [0.2, 0.25) is 0 Å². The average molecular weight is 569 g/mol. The predicted molar refractivity (Wildman–Crippen MR) is 131 cm³/mol. The predicted octanol–water partition coefficient (Wildman–Crippen LogP) is 4.70. The molecule has 3 rings (SSSR count). The minimum absolute atomic E-state index is 0.117. The minimum Gasteiger partial charge on any atom is -0.493 e. The number of ether oxygens (including phenoxy) is 2. The monoisotopic (exact) mass is 567 g/mol. The van der Waals surface area contributed by atoms with Gasteiger partial charge in [0.1, 0.15) is 30.4 Å². The van der Waals surface area contributed by atoms with Gasteiger partial charge in [-0.15, -0.1) is 0 Å². The van der Waals surface area contributed by atoms with Gasteiger partial charge in [-0.1, -0.05) is 17.7 Å². The summed E-state index contributed by atoms with van der Waals surface area (Å²) in [6.45, 7) is 2.66. The molecule has 0 aliphatic carbocycles. The first-order valence-corrected chi connectivity index (χ1v) is 11.2. The Bertz CT molecular complexity index is 1290. The lowest BCUT2D eigenvalue weighted by Gasteiger charge is -2.14. The van der Waals surface area contributed by atoms with Crippen LogP contribution < -0.4 is 14.9 Å². The topological polar surface area (TPSA) is 121 Å². The number of benzene rings is 2. The number of hydrogen-bond donors (Lipinski definition) is 1. The van der Waals surface area contributed by atoms with Gasteiger partial charge in [0.05, 0.1) is 27.7 Å². The van der Waals surface area contributed by atoms with E-state index in [2.05, 4.69) is 31.6 Å². The number of nitro groups is 1. The number of amides is 1. The molecular formula is C22H20BrClFN5O5. The van der Waals surface area contributed by atoms with Gasteiger partial charge < -0.3 is 9.47 Å². The molecule has 0 fully saturated rings. The molecule has 2 aromatic carbocycles. The Morgan fingerprint density at radius 2 is 2.14 bits per heavy atom. The highest BCUT2D eigenvalue weighted by atomic mass is 79.9. The van der Waals surface area contributed by atoms with Crippen LogP contribution in [0.3, 0.4) is 0 Å². The summed E-state index contributed by atoms with van der Waals surface area (Å²) >= 11 is 9.45. The number of halogens is 3. The first kappa shape index (κ1) is 26.1. The highest BCUT2D eigenvalue weighted by molar-refractivity contribution is 9.10. The Kier molecular flexibility index (Phi) is 8.41. The molecule has 1 amide bonds. The van der Waals surface area contributed by atoms with Crippen LogP contribution in [0.1, 0.15) is 22.5 Å². The first-order chi connectivity index (χ1) is 16.6. The van der Waals surface area contributed by atoms with Gasteiger partial charge in [0.25, 0.3) is 5.91 Å². The summed E-state index contributed by atoms with van der Waals surface area (Å²) in [5, 5.41) is 19.3. The molecule has 35 heavy (non-hydrogen) atoms. The van der Waals surface area contributed by atoms with Crippen LogP contribution in [-0.4, -0.2) is 33.9 Å². The van der Waals surface area contributed by atoms with Crippen molar-refractivity contribution in [1.82, 2.24) is 15.2 Å². The molecule has 0 atom stereocenters. The van der Waals surface area contributed by atoms with E-state index in [9.17, 15) is 19.3 Å². The highest BCUT2D eigenvalue weighted by Crippen LogP contribution is 2.37. The Labute approximate surface area is 213 Å². The number of hydrazone groups is 1. The van der Waals surface area contributed by atoms with E-state index in [1.54, 1.807) is 18.2 Å². The fraction of sp³-hybridized carbons (Fsp3) is 0.227. The number of hydrogen-bond acceptors (Lipinski definition) is 7. The normalized spacial score (nSPS) is 11.0. The van der Waals surface area contributed by atoms with E-state index in [0.717, 1.165) is 0 Å². The molecule has 0 unspecified atom stereocenters. The maximum Gasteiger partial charge on any atom is 0.312 e. The van der Waals surface area contributed by atoms with E-state index in [4.69, 9.17) is 21.1 Å². The third-order valence-electron chi connectivity index (χ3n) is 4.90. The molecule has 1 N–H and O–H groups in total. The van der Waals surface area contributed by atoms with Gasteiger partial charge in [-0.25, -0.2) is 9.82 Å². The van der Waals surface area contributed by atoms with Crippen LogP contribution in [0.4, 0.5) is 10.1 Å². The smallest absolute Gasteiger partial charge is 0.312 e. The largest absolute Gasteiger partial charge is 0.493 e. The second-order valence-electron chi connectivity index (χ2n) is 7.25.